The first-order valence-electron chi connectivity index (χ1n) is 25.0. The van der Waals surface area contributed by atoms with Gasteiger partial charge in [0.1, 0.15) is 6.61 Å². The number of carbonyl (C=O) groups excluding carboxylic acids is 2. The Hall–Kier alpha value is -1.88. The van der Waals surface area contributed by atoms with E-state index in [1.165, 1.54) is 186 Å². The van der Waals surface area contributed by atoms with E-state index in [1.807, 2.05) is 0 Å². The van der Waals surface area contributed by atoms with Crippen molar-refractivity contribution in [2.24, 2.45) is 0 Å². The summed E-state index contributed by atoms with van der Waals surface area (Å²) in [5, 5.41) is 9.61. The predicted molar refractivity (Wildman–Crippen MR) is 247 cm³/mol. The Bertz CT molecular complexity index is 908. The zero-order valence-corrected chi connectivity index (χ0v) is 38.1. The quantitative estimate of drug-likeness (QED) is 0.0377. The van der Waals surface area contributed by atoms with Crippen LogP contribution < -0.4 is 0 Å². The van der Waals surface area contributed by atoms with Crippen molar-refractivity contribution in [3.8, 4) is 0 Å². The number of unbranched alkanes of at least 4 members (excludes halogenated alkanes) is 32. The average molecular weight is 801 g/mol. The summed E-state index contributed by atoms with van der Waals surface area (Å²) in [5.41, 5.74) is 0. The summed E-state index contributed by atoms with van der Waals surface area (Å²) >= 11 is 0. The lowest BCUT2D eigenvalue weighted by Gasteiger charge is -2.15. The number of aliphatic hydroxyl groups is 1. The van der Waals surface area contributed by atoms with E-state index in [2.05, 4.69) is 50.3 Å². The van der Waals surface area contributed by atoms with Gasteiger partial charge in [-0.15, -0.1) is 0 Å². The number of rotatable bonds is 46. The first-order valence-corrected chi connectivity index (χ1v) is 25.0. The molecule has 0 saturated heterocycles. The van der Waals surface area contributed by atoms with E-state index in [9.17, 15) is 14.7 Å². The molecule has 0 saturated carbocycles. The van der Waals surface area contributed by atoms with Gasteiger partial charge in [0.05, 0.1) is 6.61 Å². The molecule has 0 aliphatic heterocycles. The van der Waals surface area contributed by atoms with E-state index in [-0.39, 0.29) is 25.2 Å². The summed E-state index contributed by atoms with van der Waals surface area (Å²) in [6.07, 6.45) is 60.9. The molecule has 0 aliphatic rings. The molecule has 0 bridgehead atoms. The number of hydrogen-bond acceptors (Lipinski definition) is 5. The van der Waals surface area contributed by atoms with Crippen LogP contribution in [0.25, 0.3) is 0 Å². The van der Waals surface area contributed by atoms with Crippen LogP contribution in [0.4, 0.5) is 0 Å². The standard InChI is InChI=1S/C52H96O5/c1-3-5-7-9-11-13-15-17-19-21-23-24-25-26-27-28-29-31-32-34-36-38-40-42-44-46-51(54)56-49-50(48-53)57-52(55)47-45-43-41-39-37-35-33-30-22-20-18-16-14-12-10-8-6-4-2/h14,16,20-23,50,53H,3-13,15,17-19,24-49H2,1-2H3/b16-14-,22-20-,23-21-. The predicted octanol–water partition coefficient (Wildman–Crippen LogP) is 16.4. The highest BCUT2D eigenvalue weighted by Crippen LogP contribution is 2.15. The molecule has 1 atom stereocenters. The molecule has 0 aliphatic carbocycles. The van der Waals surface area contributed by atoms with Crippen molar-refractivity contribution in [2.45, 2.75) is 270 Å². The van der Waals surface area contributed by atoms with Crippen LogP contribution in [0.3, 0.4) is 0 Å². The molecule has 0 amide bonds. The number of ether oxygens (including phenoxy) is 2. The molecular weight excluding hydrogens is 705 g/mol. The second-order valence-corrected chi connectivity index (χ2v) is 16.9. The zero-order valence-electron chi connectivity index (χ0n) is 38.1. The van der Waals surface area contributed by atoms with Gasteiger partial charge in [-0.25, -0.2) is 0 Å². The summed E-state index contributed by atoms with van der Waals surface area (Å²) < 4.78 is 10.7. The molecule has 0 radical (unpaired) electrons. The Morgan fingerprint density at radius 3 is 1.07 bits per heavy atom. The third kappa shape index (κ3) is 46.7. The third-order valence-electron chi connectivity index (χ3n) is 11.2. The van der Waals surface area contributed by atoms with E-state index < -0.39 is 6.10 Å². The van der Waals surface area contributed by atoms with Crippen molar-refractivity contribution in [1.82, 2.24) is 0 Å². The van der Waals surface area contributed by atoms with Crippen LogP contribution in [0.1, 0.15) is 264 Å². The number of hydrogen-bond donors (Lipinski definition) is 1. The zero-order chi connectivity index (χ0) is 41.4. The third-order valence-corrected chi connectivity index (χ3v) is 11.2. The Labute approximate surface area is 355 Å². The highest BCUT2D eigenvalue weighted by Gasteiger charge is 2.16. The van der Waals surface area contributed by atoms with Crippen LogP contribution in [0, 0.1) is 0 Å². The lowest BCUT2D eigenvalue weighted by Crippen LogP contribution is -2.28. The van der Waals surface area contributed by atoms with Crippen LogP contribution in [-0.2, 0) is 19.1 Å². The average Bonchev–Trinajstić information content (AvgIpc) is 3.21. The number of allylic oxidation sites excluding steroid dienone is 6. The molecule has 0 rings (SSSR count). The maximum Gasteiger partial charge on any atom is 0.306 e. The van der Waals surface area contributed by atoms with Gasteiger partial charge in [0.25, 0.3) is 0 Å². The van der Waals surface area contributed by atoms with Crippen LogP contribution in [0.2, 0.25) is 0 Å². The lowest BCUT2D eigenvalue weighted by molar-refractivity contribution is -0.161. The minimum Gasteiger partial charge on any atom is -0.462 e. The van der Waals surface area contributed by atoms with Gasteiger partial charge < -0.3 is 14.6 Å². The molecule has 5 heteroatoms. The van der Waals surface area contributed by atoms with Crippen molar-refractivity contribution in [3.05, 3.63) is 36.5 Å². The summed E-state index contributed by atoms with van der Waals surface area (Å²) in [5.74, 6) is -0.590. The number of carbonyl (C=O) groups is 2. The topological polar surface area (TPSA) is 72.8 Å². The molecule has 334 valence electrons. The monoisotopic (exact) mass is 801 g/mol. The lowest BCUT2D eigenvalue weighted by atomic mass is 10.0. The van der Waals surface area contributed by atoms with Gasteiger partial charge in [-0.1, -0.05) is 217 Å². The summed E-state index contributed by atoms with van der Waals surface area (Å²) in [6.45, 7) is 4.14. The molecule has 5 nitrogen and oxygen atoms in total. The van der Waals surface area contributed by atoms with Crippen molar-refractivity contribution in [1.29, 1.82) is 0 Å². The fraction of sp³-hybridized carbons (Fsp3) is 0.846. The first kappa shape index (κ1) is 55.1. The van der Waals surface area contributed by atoms with Crippen LogP contribution >= 0.6 is 0 Å². The van der Waals surface area contributed by atoms with E-state index >= 15 is 0 Å². The Kier molecular flexibility index (Phi) is 46.9. The molecule has 0 aromatic rings. The minimum absolute atomic E-state index is 0.0666. The van der Waals surface area contributed by atoms with Gasteiger partial charge in [-0.05, 0) is 70.6 Å². The van der Waals surface area contributed by atoms with E-state index in [0.717, 1.165) is 51.4 Å². The molecule has 1 N–H and O–H groups in total. The van der Waals surface area contributed by atoms with Gasteiger partial charge in [0.2, 0.25) is 0 Å². The Morgan fingerprint density at radius 2 is 0.702 bits per heavy atom. The number of esters is 2. The highest BCUT2D eigenvalue weighted by atomic mass is 16.6. The summed E-state index contributed by atoms with van der Waals surface area (Å²) in [4.78, 5) is 24.4. The van der Waals surface area contributed by atoms with Crippen LogP contribution in [0.5, 0.6) is 0 Å². The summed E-state index contributed by atoms with van der Waals surface area (Å²) in [6, 6.07) is 0. The van der Waals surface area contributed by atoms with Gasteiger partial charge >= 0.3 is 11.9 Å². The highest BCUT2D eigenvalue weighted by molar-refractivity contribution is 5.70. The maximum atomic E-state index is 12.2. The largest absolute Gasteiger partial charge is 0.462 e. The normalized spacial score (nSPS) is 12.4. The van der Waals surface area contributed by atoms with E-state index in [0.29, 0.717) is 12.8 Å². The van der Waals surface area contributed by atoms with Gasteiger partial charge in [0, 0.05) is 12.8 Å². The molecule has 1 unspecified atom stereocenters. The van der Waals surface area contributed by atoms with Gasteiger partial charge in [-0.2, -0.15) is 0 Å². The van der Waals surface area contributed by atoms with E-state index in [4.69, 9.17) is 9.47 Å². The van der Waals surface area contributed by atoms with Gasteiger partial charge in [0.15, 0.2) is 6.10 Å². The second-order valence-electron chi connectivity index (χ2n) is 16.9. The molecule has 0 aromatic carbocycles. The van der Waals surface area contributed by atoms with E-state index in [1.54, 1.807) is 0 Å². The first-order chi connectivity index (χ1) is 28.1. The fourth-order valence-electron chi connectivity index (χ4n) is 7.35. The molecule has 0 aromatic heterocycles. The van der Waals surface area contributed by atoms with Crippen LogP contribution in [-0.4, -0.2) is 36.4 Å². The molecule has 0 spiro atoms. The molecule has 0 fully saturated rings. The smallest absolute Gasteiger partial charge is 0.306 e. The number of aliphatic hydroxyl groups excluding tert-OH is 1. The van der Waals surface area contributed by atoms with Crippen LogP contribution in [0.15, 0.2) is 36.5 Å². The molecule has 0 heterocycles. The maximum absolute atomic E-state index is 12.2. The van der Waals surface area contributed by atoms with Crippen molar-refractivity contribution >= 4 is 11.9 Å². The molecule has 57 heavy (non-hydrogen) atoms. The SMILES string of the molecule is CCCCCC/C=C\C/C=C\CCCCCCCCCC(=O)OC(CO)COC(=O)CCCCCCCCCCCCCCC/C=C\CCCCCCCCCC. The Morgan fingerprint density at radius 1 is 0.404 bits per heavy atom. The second kappa shape index (κ2) is 48.5. The van der Waals surface area contributed by atoms with Crippen molar-refractivity contribution in [3.63, 3.8) is 0 Å². The Balaban J connectivity index is 3.48. The fourth-order valence-corrected chi connectivity index (χ4v) is 7.35. The molecular formula is C52H96O5. The van der Waals surface area contributed by atoms with Crippen molar-refractivity contribution in [2.75, 3.05) is 13.2 Å². The van der Waals surface area contributed by atoms with Gasteiger partial charge in [-0.3, -0.25) is 9.59 Å². The summed E-state index contributed by atoms with van der Waals surface area (Å²) in [7, 11) is 0. The van der Waals surface area contributed by atoms with Crippen molar-refractivity contribution < 1.29 is 24.2 Å². The minimum atomic E-state index is -0.774.